The predicted molar refractivity (Wildman–Crippen MR) is 108 cm³/mol. The zero-order valence-corrected chi connectivity index (χ0v) is 16.7. The Labute approximate surface area is 169 Å². The number of rotatable bonds is 5. The molecule has 29 heavy (non-hydrogen) atoms. The lowest BCUT2D eigenvalue weighted by Crippen LogP contribution is -2.49. The molecule has 2 aromatic carbocycles. The van der Waals surface area contributed by atoms with Crippen LogP contribution in [0.15, 0.2) is 42.5 Å². The largest absolute Gasteiger partial charge is 0.492 e. The maximum atomic E-state index is 12.9. The van der Waals surface area contributed by atoms with Gasteiger partial charge in [0.15, 0.2) is 0 Å². The van der Waals surface area contributed by atoms with E-state index in [-0.39, 0.29) is 5.84 Å². The third-order valence-corrected chi connectivity index (χ3v) is 5.21. The standard InChI is InChI=1S/C22H26F3N3O/c1-16-5-3-6-17(2)20(16)29-14-13-27-9-11-28(12-10-27)21(26)18-7-4-8-19(15-18)22(23,24)25/h3-8,15,26H,9-14H2,1-2H3. The first kappa shape index (κ1) is 21.2. The molecule has 0 unspecified atom stereocenters. The topological polar surface area (TPSA) is 39.6 Å². The number of halogens is 3. The third kappa shape index (κ3) is 5.29. The van der Waals surface area contributed by atoms with Crippen molar-refractivity contribution in [3.63, 3.8) is 0 Å². The molecule has 1 heterocycles. The van der Waals surface area contributed by atoms with Crippen molar-refractivity contribution in [1.82, 2.24) is 9.80 Å². The molecule has 7 heteroatoms. The number of para-hydroxylation sites is 1. The van der Waals surface area contributed by atoms with Gasteiger partial charge in [0.05, 0.1) is 5.56 Å². The fourth-order valence-electron chi connectivity index (χ4n) is 3.52. The van der Waals surface area contributed by atoms with Crippen molar-refractivity contribution in [3.8, 4) is 5.75 Å². The summed E-state index contributed by atoms with van der Waals surface area (Å²) in [5.74, 6) is 1.07. The molecule has 156 valence electrons. The summed E-state index contributed by atoms with van der Waals surface area (Å²) in [6, 6.07) is 11.1. The quantitative estimate of drug-likeness (QED) is 0.594. The first-order chi connectivity index (χ1) is 13.8. The molecule has 0 bridgehead atoms. The van der Waals surface area contributed by atoms with Crippen molar-refractivity contribution in [2.24, 2.45) is 0 Å². The van der Waals surface area contributed by atoms with E-state index in [0.29, 0.717) is 25.3 Å². The molecule has 0 radical (unpaired) electrons. The second-order valence-electron chi connectivity index (χ2n) is 7.33. The second-order valence-corrected chi connectivity index (χ2v) is 7.33. The first-order valence-electron chi connectivity index (χ1n) is 9.68. The highest BCUT2D eigenvalue weighted by Gasteiger charge is 2.31. The van der Waals surface area contributed by atoms with Crippen LogP contribution in [0.2, 0.25) is 0 Å². The van der Waals surface area contributed by atoms with E-state index in [1.807, 2.05) is 36.9 Å². The minimum atomic E-state index is -4.40. The number of amidine groups is 1. The highest BCUT2D eigenvalue weighted by atomic mass is 19.4. The van der Waals surface area contributed by atoms with Crippen LogP contribution in [0, 0.1) is 19.3 Å². The molecule has 0 amide bonds. The van der Waals surface area contributed by atoms with E-state index in [2.05, 4.69) is 4.90 Å². The highest BCUT2D eigenvalue weighted by molar-refractivity contribution is 5.96. The normalized spacial score (nSPS) is 15.4. The SMILES string of the molecule is Cc1cccc(C)c1OCCN1CCN(C(=N)c2cccc(C(F)(F)F)c2)CC1. The summed E-state index contributed by atoms with van der Waals surface area (Å²) < 4.78 is 44.7. The van der Waals surface area contributed by atoms with Crippen LogP contribution in [0.4, 0.5) is 13.2 Å². The number of benzene rings is 2. The molecular formula is C22H26F3N3O. The number of hydrogen-bond donors (Lipinski definition) is 1. The third-order valence-electron chi connectivity index (χ3n) is 5.21. The van der Waals surface area contributed by atoms with Crippen molar-refractivity contribution in [2.75, 3.05) is 39.3 Å². The Morgan fingerprint density at radius 2 is 1.62 bits per heavy atom. The Balaban J connectivity index is 1.50. The van der Waals surface area contributed by atoms with Crippen molar-refractivity contribution in [1.29, 1.82) is 5.41 Å². The van der Waals surface area contributed by atoms with E-state index < -0.39 is 11.7 Å². The zero-order chi connectivity index (χ0) is 21.0. The fourth-order valence-corrected chi connectivity index (χ4v) is 3.52. The number of nitrogens with one attached hydrogen (secondary N) is 1. The molecule has 0 saturated carbocycles. The minimum absolute atomic E-state index is 0.141. The summed E-state index contributed by atoms with van der Waals surface area (Å²) in [6.45, 7) is 8.13. The molecule has 1 aliphatic heterocycles. The number of ether oxygens (including phenoxy) is 1. The molecule has 0 aromatic heterocycles. The minimum Gasteiger partial charge on any atom is -0.492 e. The number of aryl methyl sites for hydroxylation is 2. The van der Waals surface area contributed by atoms with Gasteiger partial charge in [0.2, 0.25) is 0 Å². The van der Waals surface area contributed by atoms with E-state index in [1.165, 1.54) is 6.07 Å². The lowest BCUT2D eigenvalue weighted by molar-refractivity contribution is -0.137. The van der Waals surface area contributed by atoms with Crippen LogP contribution in [0.5, 0.6) is 5.75 Å². The molecule has 0 atom stereocenters. The monoisotopic (exact) mass is 405 g/mol. The van der Waals surface area contributed by atoms with Gasteiger partial charge >= 0.3 is 6.18 Å². The molecule has 1 aliphatic rings. The van der Waals surface area contributed by atoms with Gasteiger partial charge in [0, 0.05) is 38.3 Å². The van der Waals surface area contributed by atoms with Gasteiger partial charge in [-0.25, -0.2) is 0 Å². The summed E-state index contributed by atoms with van der Waals surface area (Å²) in [7, 11) is 0. The van der Waals surface area contributed by atoms with Gasteiger partial charge < -0.3 is 9.64 Å². The van der Waals surface area contributed by atoms with E-state index in [0.717, 1.165) is 48.6 Å². The molecule has 1 N–H and O–H groups in total. The molecule has 1 fully saturated rings. The smallest absolute Gasteiger partial charge is 0.416 e. The van der Waals surface area contributed by atoms with Gasteiger partial charge in [-0.05, 0) is 37.1 Å². The Morgan fingerprint density at radius 3 is 2.24 bits per heavy atom. The molecular weight excluding hydrogens is 379 g/mol. The fraction of sp³-hybridized carbons (Fsp3) is 0.409. The van der Waals surface area contributed by atoms with Crippen molar-refractivity contribution in [2.45, 2.75) is 20.0 Å². The van der Waals surface area contributed by atoms with Crippen LogP contribution >= 0.6 is 0 Å². The lowest BCUT2D eigenvalue weighted by atomic mass is 10.1. The van der Waals surface area contributed by atoms with Crippen LogP contribution in [0.3, 0.4) is 0 Å². The summed E-state index contributed by atoms with van der Waals surface area (Å²) in [6.07, 6.45) is -4.40. The van der Waals surface area contributed by atoms with Crippen LogP contribution in [-0.2, 0) is 6.18 Å². The maximum Gasteiger partial charge on any atom is 0.416 e. The van der Waals surface area contributed by atoms with E-state index in [1.54, 1.807) is 6.07 Å². The average Bonchev–Trinajstić information content (AvgIpc) is 2.70. The average molecular weight is 405 g/mol. The number of alkyl halides is 3. The number of hydrogen-bond acceptors (Lipinski definition) is 3. The first-order valence-corrected chi connectivity index (χ1v) is 9.68. The maximum absolute atomic E-state index is 12.9. The van der Waals surface area contributed by atoms with Gasteiger partial charge in [-0.3, -0.25) is 10.3 Å². The van der Waals surface area contributed by atoms with E-state index in [9.17, 15) is 13.2 Å². The summed E-state index contributed by atoms with van der Waals surface area (Å²) >= 11 is 0. The van der Waals surface area contributed by atoms with Crippen LogP contribution in [-0.4, -0.2) is 55.0 Å². The van der Waals surface area contributed by atoms with Crippen molar-refractivity contribution >= 4 is 5.84 Å². The van der Waals surface area contributed by atoms with Crippen LogP contribution < -0.4 is 4.74 Å². The Bertz CT molecular complexity index is 838. The molecule has 0 aliphatic carbocycles. The summed E-state index contributed by atoms with van der Waals surface area (Å²) in [4.78, 5) is 4.09. The summed E-state index contributed by atoms with van der Waals surface area (Å²) in [5.41, 5.74) is 1.81. The molecule has 0 spiro atoms. The van der Waals surface area contributed by atoms with Gasteiger partial charge in [0.25, 0.3) is 0 Å². The molecule has 2 aromatic rings. The Kier molecular flexibility index (Phi) is 6.47. The van der Waals surface area contributed by atoms with Gasteiger partial charge in [-0.2, -0.15) is 13.2 Å². The van der Waals surface area contributed by atoms with E-state index in [4.69, 9.17) is 10.1 Å². The Morgan fingerprint density at radius 1 is 1.00 bits per heavy atom. The summed E-state index contributed by atoms with van der Waals surface area (Å²) in [5, 5.41) is 8.30. The highest BCUT2D eigenvalue weighted by Crippen LogP contribution is 2.30. The predicted octanol–water partition coefficient (Wildman–Crippen LogP) is 4.34. The van der Waals surface area contributed by atoms with Crippen LogP contribution in [0.1, 0.15) is 22.3 Å². The van der Waals surface area contributed by atoms with E-state index >= 15 is 0 Å². The van der Waals surface area contributed by atoms with Gasteiger partial charge in [-0.15, -0.1) is 0 Å². The molecule has 3 rings (SSSR count). The Hall–Kier alpha value is -2.54. The zero-order valence-electron chi connectivity index (χ0n) is 16.7. The van der Waals surface area contributed by atoms with Crippen molar-refractivity contribution in [3.05, 3.63) is 64.7 Å². The lowest BCUT2D eigenvalue weighted by Gasteiger charge is -2.36. The van der Waals surface area contributed by atoms with Crippen molar-refractivity contribution < 1.29 is 17.9 Å². The second kappa shape index (κ2) is 8.86. The van der Waals surface area contributed by atoms with Gasteiger partial charge in [-0.1, -0.05) is 30.3 Å². The van der Waals surface area contributed by atoms with Crippen LogP contribution in [0.25, 0.3) is 0 Å². The number of piperazine rings is 1. The molecule has 1 saturated heterocycles. The molecule has 4 nitrogen and oxygen atoms in total. The number of nitrogens with zero attached hydrogens (tertiary/aromatic N) is 2. The van der Waals surface area contributed by atoms with Gasteiger partial charge in [0.1, 0.15) is 18.2 Å².